The summed E-state index contributed by atoms with van der Waals surface area (Å²) in [6.07, 6.45) is -3.19. The maximum absolute atomic E-state index is 12.8. The minimum Gasteiger partial charge on any atom is -0.382 e. The zero-order valence-electron chi connectivity index (χ0n) is 14.0. The van der Waals surface area contributed by atoms with Gasteiger partial charge in [-0.25, -0.2) is 9.97 Å². The number of nitriles is 1. The average molecular weight is 377 g/mol. The highest BCUT2D eigenvalue weighted by molar-refractivity contribution is 6.08. The lowest BCUT2D eigenvalue weighted by Crippen LogP contribution is -2.41. The van der Waals surface area contributed by atoms with Crippen molar-refractivity contribution >= 4 is 23.3 Å². The van der Waals surface area contributed by atoms with Crippen molar-refractivity contribution in [3.05, 3.63) is 35.9 Å². The van der Waals surface area contributed by atoms with E-state index in [1.807, 2.05) is 6.07 Å². The molecule has 0 amide bonds. The predicted molar refractivity (Wildman–Crippen MR) is 90.3 cm³/mol. The van der Waals surface area contributed by atoms with Gasteiger partial charge in [-0.3, -0.25) is 9.79 Å². The Labute approximate surface area is 151 Å². The van der Waals surface area contributed by atoms with Crippen LogP contribution in [-0.4, -0.2) is 44.4 Å². The second kappa shape index (κ2) is 6.71. The fourth-order valence-corrected chi connectivity index (χ4v) is 2.80. The van der Waals surface area contributed by atoms with Gasteiger partial charge in [0, 0.05) is 6.20 Å². The highest BCUT2D eigenvalue weighted by Crippen LogP contribution is 2.28. The fourth-order valence-electron chi connectivity index (χ4n) is 2.80. The summed E-state index contributed by atoms with van der Waals surface area (Å²) in [6, 6.07) is 2.64. The molecule has 3 N–H and O–H groups in total. The van der Waals surface area contributed by atoms with Gasteiger partial charge in [-0.15, -0.1) is 0 Å². The van der Waals surface area contributed by atoms with Gasteiger partial charge in [-0.1, -0.05) is 0 Å². The van der Waals surface area contributed by atoms with Crippen molar-refractivity contribution in [1.29, 1.82) is 5.26 Å². The molecule has 0 aliphatic carbocycles. The predicted octanol–water partition coefficient (Wildman–Crippen LogP) is 2.00. The molecule has 8 nitrogen and oxygen atoms in total. The van der Waals surface area contributed by atoms with Crippen LogP contribution in [0.1, 0.15) is 29.4 Å². The number of hydrogen-bond acceptors (Lipinski definition) is 7. The summed E-state index contributed by atoms with van der Waals surface area (Å²) in [6.45, 7) is 1.63. The van der Waals surface area contributed by atoms with Gasteiger partial charge in [0.15, 0.2) is 0 Å². The first-order valence-electron chi connectivity index (χ1n) is 7.84. The molecule has 0 aromatic carbocycles. The molecule has 11 heteroatoms. The van der Waals surface area contributed by atoms with E-state index in [0.717, 1.165) is 6.33 Å². The van der Waals surface area contributed by atoms with Gasteiger partial charge in [0.25, 0.3) is 0 Å². The van der Waals surface area contributed by atoms with Gasteiger partial charge in [0.2, 0.25) is 5.78 Å². The highest BCUT2D eigenvalue weighted by Gasteiger charge is 2.39. The van der Waals surface area contributed by atoms with E-state index >= 15 is 0 Å². The molecule has 2 unspecified atom stereocenters. The van der Waals surface area contributed by atoms with Crippen LogP contribution in [0.2, 0.25) is 0 Å². The Morgan fingerprint density at radius 3 is 2.85 bits per heavy atom. The molecule has 0 radical (unpaired) electrons. The molecule has 140 valence electrons. The van der Waals surface area contributed by atoms with Crippen LogP contribution >= 0.6 is 0 Å². The Hall–Kier alpha value is -3.42. The number of hydrogen-bond donors (Lipinski definition) is 2. The summed E-state index contributed by atoms with van der Waals surface area (Å²) in [5.74, 6) is -0.403. The molecule has 0 saturated heterocycles. The van der Waals surface area contributed by atoms with Crippen molar-refractivity contribution in [2.24, 2.45) is 4.99 Å². The maximum atomic E-state index is 12.8. The molecule has 2 aromatic rings. The summed E-state index contributed by atoms with van der Waals surface area (Å²) >= 11 is 0. The lowest BCUT2D eigenvalue weighted by molar-refractivity contribution is -0.136. The molecule has 1 aliphatic heterocycles. The third kappa shape index (κ3) is 3.59. The molecule has 0 bridgehead atoms. The first kappa shape index (κ1) is 18.4. The number of nitrogen functional groups attached to an aromatic ring is 1. The molecular formula is C16H14F3N7O. The lowest BCUT2D eigenvalue weighted by atomic mass is 10.0. The number of aromatic nitrogens is 3. The van der Waals surface area contributed by atoms with Crippen molar-refractivity contribution in [3.63, 3.8) is 0 Å². The summed E-state index contributed by atoms with van der Waals surface area (Å²) in [5.41, 5.74) is 5.76. The van der Waals surface area contributed by atoms with Gasteiger partial charge in [-0.2, -0.15) is 18.4 Å². The second-order valence-electron chi connectivity index (χ2n) is 5.91. The average Bonchev–Trinajstić information content (AvgIpc) is 3.06. The number of nitrogens with zero attached hydrogens (tertiary/aromatic N) is 5. The number of halogens is 3. The van der Waals surface area contributed by atoms with E-state index in [9.17, 15) is 23.2 Å². The van der Waals surface area contributed by atoms with Crippen molar-refractivity contribution in [2.75, 3.05) is 11.1 Å². The molecule has 2 atom stereocenters. The molecule has 1 aliphatic rings. The number of rotatable bonds is 4. The Kier molecular flexibility index (Phi) is 4.57. The summed E-state index contributed by atoms with van der Waals surface area (Å²) in [5, 5.41) is 12.1. The lowest BCUT2D eigenvalue weighted by Gasteiger charge is -2.27. The van der Waals surface area contributed by atoms with Crippen LogP contribution in [0, 0.1) is 11.3 Å². The van der Waals surface area contributed by atoms with Crippen molar-refractivity contribution in [1.82, 2.24) is 14.5 Å². The topological polar surface area (TPSA) is 122 Å². The van der Waals surface area contributed by atoms with Gasteiger partial charge in [0.05, 0.1) is 18.2 Å². The largest absolute Gasteiger partial charge is 0.391 e. The number of nitrogens with one attached hydrogen (secondary N) is 1. The maximum Gasteiger partial charge on any atom is 0.391 e. The van der Waals surface area contributed by atoms with Crippen LogP contribution in [0.5, 0.6) is 0 Å². The third-order valence-electron chi connectivity index (χ3n) is 3.99. The molecule has 3 heterocycles. The monoisotopic (exact) mass is 377 g/mol. The van der Waals surface area contributed by atoms with Crippen LogP contribution in [0.15, 0.2) is 29.6 Å². The number of alkyl halides is 3. The first-order chi connectivity index (χ1) is 12.7. The van der Waals surface area contributed by atoms with Crippen LogP contribution in [0.3, 0.4) is 0 Å². The number of ketones is 1. The Morgan fingerprint density at radius 1 is 1.44 bits per heavy atom. The zero-order chi connectivity index (χ0) is 19.8. The quantitative estimate of drug-likeness (QED) is 0.840. The number of fused-ring (bicyclic) bond motifs is 1. The minimum atomic E-state index is -4.53. The fraction of sp³-hybridized carbons (Fsp3) is 0.312. The van der Waals surface area contributed by atoms with Crippen LogP contribution in [0.25, 0.3) is 0 Å². The van der Waals surface area contributed by atoms with Crippen LogP contribution < -0.4 is 11.1 Å². The molecule has 0 spiro atoms. The van der Waals surface area contributed by atoms with E-state index in [1.54, 1.807) is 13.0 Å². The molecule has 27 heavy (non-hydrogen) atoms. The number of nitrogens with two attached hydrogens (primary N) is 1. The SMILES string of the molecule is CC(Nc1ncnc(N)c1C#N)C1=NC(CC(F)(F)F)C(=O)c2cccn21. The van der Waals surface area contributed by atoms with Gasteiger partial charge < -0.3 is 15.6 Å². The first-order valence-corrected chi connectivity index (χ1v) is 7.84. The molecule has 2 aromatic heterocycles. The second-order valence-corrected chi connectivity index (χ2v) is 5.91. The number of Topliss-reactive ketones (excluding diaryl/α,β-unsaturated/α-hetero) is 1. The van der Waals surface area contributed by atoms with E-state index in [2.05, 4.69) is 20.3 Å². The van der Waals surface area contributed by atoms with E-state index in [0.29, 0.717) is 0 Å². The smallest absolute Gasteiger partial charge is 0.382 e. The van der Waals surface area contributed by atoms with Crippen molar-refractivity contribution in [2.45, 2.75) is 31.6 Å². The van der Waals surface area contributed by atoms with E-state index < -0.39 is 30.5 Å². The normalized spacial score (nSPS) is 17.7. The zero-order valence-corrected chi connectivity index (χ0v) is 14.0. The number of anilines is 2. The van der Waals surface area contributed by atoms with Gasteiger partial charge in [-0.05, 0) is 19.1 Å². The summed E-state index contributed by atoms with van der Waals surface area (Å²) in [7, 11) is 0. The Morgan fingerprint density at radius 2 is 2.19 bits per heavy atom. The van der Waals surface area contributed by atoms with E-state index in [1.165, 1.54) is 16.8 Å². The number of carbonyl (C=O) groups is 1. The summed E-state index contributed by atoms with van der Waals surface area (Å²) in [4.78, 5) is 24.0. The molecular weight excluding hydrogens is 363 g/mol. The van der Waals surface area contributed by atoms with Gasteiger partial charge >= 0.3 is 6.18 Å². The van der Waals surface area contributed by atoms with E-state index in [-0.39, 0.29) is 28.7 Å². The number of carbonyl (C=O) groups excluding carboxylic acids is 1. The number of aliphatic imine (C=N–C) groups is 1. The molecule has 3 rings (SSSR count). The Bertz CT molecular complexity index is 958. The van der Waals surface area contributed by atoms with Crippen LogP contribution in [-0.2, 0) is 0 Å². The van der Waals surface area contributed by atoms with Crippen molar-refractivity contribution in [3.8, 4) is 6.07 Å². The third-order valence-corrected chi connectivity index (χ3v) is 3.99. The van der Waals surface area contributed by atoms with Gasteiger partial charge in [0.1, 0.15) is 41.5 Å². The highest BCUT2D eigenvalue weighted by atomic mass is 19.4. The van der Waals surface area contributed by atoms with Crippen LogP contribution in [0.4, 0.5) is 24.8 Å². The summed E-state index contributed by atoms with van der Waals surface area (Å²) < 4.78 is 39.9. The standard InChI is InChI=1S/C16H14F3N7O/c1-8(24-14-9(6-20)13(21)22-7-23-14)15-25-10(5-16(17,18)19)12(27)11-3-2-4-26(11)15/h2-4,7-8,10H,5H2,1H3,(H3,21,22,23,24). The van der Waals surface area contributed by atoms with Crippen molar-refractivity contribution < 1.29 is 18.0 Å². The minimum absolute atomic E-state index is 0.0106. The molecule has 0 saturated carbocycles. The molecule has 0 fully saturated rings. The Balaban J connectivity index is 1.96. The van der Waals surface area contributed by atoms with E-state index in [4.69, 9.17) is 5.73 Å².